The van der Waals surface area contributed by atoms with E-state index in [4.69, 9.17) is 11.6 Å². The second-order valence-corrected chi connectivity index (χ2v) is 8.36. The summed E-state index contributed by atoms with van der Waals surface area (Å²) in [5, 5.41) is 3.22. The zero-order valence-electron chi connectivity index (χ0n) is 16.6. The summed E-state index contributed by atoms with van der Waals surface area (Å²) in [4.78, 5) is 40.2. The summed E-state index contributed by atoms with van der Waals surface area (Å²) < 4.78 is 1.43. The van der Waals surface area contributed by atoms with Crippen molar-refractivity contribution in [2.75, 3.05) is 13.6 Å². The Kier molecular flexibility index (Phi) is 4.99. The molecule has 0 saturated heterocycles. The molecule has 1 N–H and O–H groups in total. The number of aryl methyl sites for hydroxylation is 1. The summed E-state index contributed by atoms with van der Waals surface area (Å²) in [7, 11) is 3.16. The molecule has 0 radical (unpaired) electrons. The van der Waals surface area contributed by atoms with E-state index < -0.39 is 5.41 Å². The third-order valence-corrected chi connectivity index (χ3v) is 6.57. The number of nitrogens with zero attached hydrogens (tertiary/aromatic N) is 2. The van der Waals surface area contributed by atoms with Gasteiger partial charge in [-0.3, -0.25) is 14.4 Å². The topological polar surface area (TPSA) is 71.4 Å². The van der Waals surface area contributed by atoms with Crippen LogP contribution in [0.15, 0.2) is 35.3 Å². The van der Waals surface area contributed by atoms with Crippen molar-refractivity contribution in [1.82, 2.24) is 14.8 Å². The lowest BCUT2D eigenvalue weighted by Crippen LogP contribution is -2.52. The average molecular weight is 414 g/mol. The normalized spacial score (nSPS) is 17.3. The van der Waals surface area contributed by atoms with Crippen LogP contribution in [0.2, 0.25) is 5.02 Å². The van der Waals surface area contributed by atoms with Gasteiger partial charge in [0, 0.05) is 38.4 Å². The molecule has 0 unspecified atom stereocenters. The summed E-state index contributed by atoms with van der Waals surface area (Å²) in [5.41, 5.74) is 2.01. The largest absolute Gasteiger partial charge is 0.355 e. The number of hydrogen-bond acceptors (Lipinski definition) is 3. The lowest BCUT2D eigenvalue weighted by Gasteiger charge is -2.45. The van der Waals surface area contributed by atoms with Crippen molar-refractivity contribution >= 4 is 23.4 Å². The minimum Gasteiger partial charge on any atom is -0.355 e. The van der Waals surface area contributed by atoms with Gasteiger partial charge in [-0.2, -0.15) is 0 Å². The number of aromatic nitrogens is 1. The molecule has 6 nitrogen and oxygen atoms in total. The molecule has 2 aliphatic rings. The molecule has 0 atom stereocenters. The fraction of sp³-hybridized carbons (Fsp3) is 0.409. The second kappa shape index (κ2) is 7.34. The van der Waals surface area contributed by atoms with Crippen LogP contribution in [0.3, 0.4) is 0 Å². The Bertz CT molecular complexity index is 1040. The van der Waals surface area contributed by atoms with Gasteiger partial charge in [0.15, 0.2) is 0 Å². The number of rotatable bonds is 3. The number of amides is 2. The highest BCUT2D eigenvalue weighted by Crippen LogP contribution is 2.46. The molecule has 1 aliphatic heterocycles. The Morgan fingerprint density at radius 1 is 1.17 bits per heavy atom. The van der Waals surface area contributed by atoms with Crippen LogP contribution in [-0.2, 0) is 30.2 Å². The van der Waals surface area contributed by atoms with Crippen LogP contribution < -0.4 is 10.9 Å². The van der Waals surface area contributed by atoms with E-state index in [1.807, 2.05) is 29.2 Å². The number of carbonyl (C=O) groups excluding carboxylic acids is 2. The van der Waals surface area contributed by atoms with E-state index in [2.05, 4.69) is 5.32 Å². The van der Waals surface area contributed by atoms with Crippen molar-refractivity contribution in [2.24, 2.45) is 7.05 Å². The number of nitrogens with one attached hydrogen (secondary N) is 1. The van der Waals surface area contributed by atoms with E-state index in [-0.39, 0.29) is 22.9 Å². The Hall–Kier alpha value is -2.60. The zero-order chi connectivity index (χ0) is 20.8. The molecule has 1 aromatic carbocycles. The fourth-order valence-electron chi connectivity index (χ4n) is 4.55. The average Bonchev–Trinajstić information content (AvgIpc) is 2.68. The lowest BCUT2D eigenvalue weighted by molar-refractivity contribution is -0.142. The van der Waals surface area contributed by atoms with Crippen molar-refractivity contribution in [3.05, 3.63) is 68.1 Å². The number of carbonyl (C=O) groups is 2. The summed E-state index contributed by atoms with van der Waals surface area (Å²) in [5.74, 6) is -0.258. The SMILES string of the molecule is CNC(=O)c1c2c(cn(C)c1=O)CN(C(=O)C1(c3ccc(Cl)cc3)CCC1)CC2. The highest BCUT2D eigenvalue weighted by Gasteiger charge is 2.48. The number of hydrogen-bond donors (Lipinski definition) is 1. The molecule has 152 valence electrons. The molecule has 4 rings (SSSR count). The van der Waals surface area contributed by atoms with Gasteiger partial charge in [0.05, 0.1) is 5.41 Å². The van der Waals surface area contributed by atoms with Crippen LogP contribution in [0.5, 0.6) is 0 Å². The molecule has 1 saturated carbocycles. The molecule has 0 bridgehead atoms. The van der Waals surface area contributed by atoms with Gasteiger partial charge in [-0.1, -0.05) is 30.2 Å². The van der Waals surface area contributed by atoms with Crippen LogP contribution in [0.1, 0.15) is 46.3 Å². The van der Waals surface area contributed by atoms with E-state index in [1.165, 1.54) is 11.6 Å². The van der Waals surface area contributed by atoms with Crippen LogP contribution in [0.4, 0.5) is 0 Å². The number of halogens is 1. The Balaban J connectivity index is 1.67. The first kappa shape index (κ1) is 19.7. The van der Waals surface area contributed by atoms with Gasteiger partial charge in [0.2, 0.25) is 5.91 Å². The number of pyridine rings is 1. The van der Waals surface area contributed by atoms with Gasteiger partial charge in [-0.05, 0) is 48.1 Å². The molecule has 29 heavy (non-hydrogen) atoms. The fourth-order valence-corrected chi connectivity index (χ4v) is 4.68. The monoisotopic (exact) mass is 413 g/mol. The second-order valence-electron chi connectivity index (χ2n) is 7.92. The third kappa shape index (κ3) is 3.15. The summed E-state index contributed by atoms with van der Waals surface area (Å²) >= 11 is 6.03. The predicted molar refractivity (Wildman–Crippen MR) is 111 cm³/mol. The summed E-state index contributed by atoms with van der Waals surface area (Å²) in [6.45, 7) is 0.903. The first-order valence-electron chi connectivity index (χ1n) is 9.86. The molecule has 2 heterocycles. The first-order valence-corrected chi connectivity index (χ1v) is 10.2. The van der Waals surface area contributed by atoms with Gasteiger partial charge in [0.25, 0.3) is 11.5 Å². The molecular weight excluding hydrogens is 390 g/mol. The highest BCUT2D eigenvalue weighted by molar-refractivity contribution is 6.30. The zero-order valence-corrected chi connectivity index (χ0v) is 17.4. The molecule has 2 aromatic rings. The van der Waals surface area contributed by atoms with Crippen molar-refractivity contribution in [3.8, 4) is 0 Å². The maximum Gasteiger partial charge on any atom is 0.263 e. The van der Waals surface area contributed by atoms with E-state index in [1.54, 1.807) is 13.2 Å². The number of fused-ring (bicyclic) bond motifs is 1. The Labute approximate surface area is 174 Å². The van der Waals surface area contributed by atoms with E-state index in [0.717, 1.165) is 36.0 Å². The van der Waals surface area contributed by atoms with Crippen LogP contribution >= 0.6 is 11.6 Å². The molecular formula is C22H24ClN3O3. The van der Waals surface area contributed by atoms with Gasteiger partial charge in [-0.25, -0.2) is 0 Å². The van der Waals surface area contributed by atoms with Crippen molar-refractivity contribution in [3.63, 3.8) is 0 Å². The summed E-state index contributed by atoms with van der Waals surface area (Å²) in [6, 6.07) is 7.57. The van der Waals surface area contributed by atoms with Crippen LogP contribution in [-0.4, -0.2) is 34.9 Å². The molecule has 0 spiro atoms. The molecule has 1 aromatic heterocycles. The van der Waals surface area contributed by atoms with E-state index in [9.17, 15) is 14.4 Å². The van der Waals surface area contributed by atoms with Crippen molar-refractivity contribution in [2.45, 2.75) is 37.6 Å². The van der Waals surface area contributed by atoms with Gasteiger partial charge >= 0.3 is 0 Å². The van der Waals surface area contributed by atoms with Gasteiger partial charge in [-0.15, -0.1) is 0 Å². The maximum absolute atomic E-state index is 13.6. The molecule has 2 amide bonds. The molecule has 1 fully saturated rings. The molecule has 7 heteroatoms. The lowest BCUT2D eigenvalue weighted by atomic mass is 9.63. The van der Waals surface area contributed by atoms with E-state index in [0.29, 0.717) is 24.5 Å². The number of benzene rings is 1. The highest BCUT2D eigenvalue weighted by atomic mass is 35.5. The third-order valence-electron chi connectivity index (χ3n) is 6.32. The maximum atomic E-state index is 13.6. The predicted octanol–water partition coefficient (Wildman–Crippen LogP) is 2.40. The Morgan fingerprint density at radius 3 is 2.45 bits per heavy atom. The van der Waals surface area contributed by atoms with Crippen LogP contribution in [0, 0.1) is 0 Å². The quantitative estimate of drug-likeness (QED) is 0.839. The van der Waals surface area contributed by atoms with Crippen molar-refractivity contribution < 1.29 is 9.59 Å². The smallest absolute Gasteiger partial charge is 0.263 e. The standard InChI is InChI=1S/C22H24ClN3O3/c1-24-19(27)18-17-8-11-26(13-14(17)12-25(2)20(18)28)21(29)22(9-3-10-22)15-4-6-16(23)7-5-15/h4-7,12H,3,8-11,13H2,1-2H3,(H,24,27). The minimum absolute atomic E-state index is 0.118. The first-order chi connectivity index (χ1) is 13.9. The van der Waals surface area contributed by atoms with E-state index >= 15 is 0 Å². The minimum atomic E-state index is -0.494. The van der Waals surface area contributed by atoms with Crippen LogP contribution in [0.25, 0.3) is 0 Å². The molecule has 1 aliphatic carbocycles. The Morgan fingerprint density at radius 2 is 1.86 bits per heavy atom. The van der Waals surface area contributed by atoms with Crippen molar-refractivity contribution in [1.29, 1.82) is 0 Å². The van der Waals surface area contributed by atoms with Gasteiger partial charge in [0.1, 0.15) is 5.56 Å². The summed E-state index contributed by atoms with van der Waals surface area (Å²) in [6.07, 6.45) is 4.92. The van der Waals surface area contributed by atoms with Gasteiger partial charge < -0.3 is 14.8 Å².